The zero-order chi connectivity index (χ0) is 15.2. The molecule has 0 bridgehead atoms. The lowest BCUT2D eigenvalue weighted by molar-refractivity contribution is -0.117. The van der Waals surface area contributed by atoms with Crippen LogP contribution in [0.3, 0.4) is 0 Å². The number of nitrogens with one attached hydrogen (secondary N) is 1. The van der Waals surface area contributed by atoms with Crippen LogP contribution in [0.2, 0.25) is 0 Å². The maximum absolute atomic E-state index is 11.9. The number of nitrogens with zero attached hydrogens (tertiary/aromatic N) is 5. The number of aromatic nitrogens is 4. The fraction of sp³-hybridized carbons (Fsp3) is 0.538. The van der Waals surface area contributed by atoms with Gasteiger partial charge in [0.15, 0.2) is 0 Å². The Morgan fingerprint density at radius 3 is 2.86 bits per heavy atom. The van der Waals surface area contributed by atoms with Gasteiger partial charge in [-0.1, -0.05) is 18.3 Å². The van der Waals surface area contributed by atoms with Crippen molar-refractivity contribution < 1.29 is 4.79 Å². The molecule has 0 atom stereocenters. The lowest BCUT2D eigenvalue weighted by atomic mass is 10.3. The molecular weight excluding hydrogens is 288 g/mol. The van der Waals surface area contributed by atoms with E-state index in [1.54, 1.807) is 0 Å². The molecule has 0 spiro atoms. The van der Waals surface area contributed by atoms with Crippen molar-refractivity contribution in [2.24, 2.45) is 0 Å². The van der Waals surface area contributed by atoms with Crippen LogP contribution in [0, 0.1) is 0 Å². The van der Waals surface area contributed by atoms with Crippen molar-refractivity contribution in [3.8, 4) is 0 Å². The van der Waals surface area contributed by atoms with Crippen LogP contribution in [0.4, 0.5) is 5.13 Å². The Morgan fingerprint density at radius 1 is 1.43 bits per heavy atom. The maximum Gasteiger partial charge on any atom is 0.240 e. The Balaban J connectivity index is 1.81. The van der Waals surface area contributed by atoms with Crippen molar-refractivity contribution in [3.63, 3.8) is 0 Å². The fourth-order valence-corrected chi connectivity index (χ4v) is 2.58. The molecule has 2 aromatic rings. The summed E-state index contributed by atoms with van der Waals surface area (Å²) < 4.78 is 1.87. The normalized spacial score (nSPS) is 11.0. The van der Waals surface area contributed by atoms with Gasteiger partial charge in [0.05, 0.1) is 12.7 Å². The molecule has 0 aliphatic heterocycles. The number of rotatable bonds is 7. The van der Waals surface area contributed by atoms with Gasteiger partial charge in [0.25, 0.3) is 0 Å². The number of carbonyl (C=O) groups is 1. The number of amides is 1. The molecular formula is C13H20N6OS. The number of anilines is 1. The molecule has 0 radical (unpaired) electrons. The molecule has 1 N–H and O–H groups in total. The minimum absolute atomic E-state index is 0.0841. The van der Waals surface area contributed by atoms with E-state index in [2.05, 4.69) is 20.6 Å². The molecule has 1 amide bonds. The molecule has 7 nitrogen and oxygen atoms in total. The van der Waals surface area contributed by atoms with Crippen molar-refractivity contribution in [1.82, 2.24) is 24.9 Å². The highest BCUT2D eigenvalue weighted by Crippen LogP contribution is 2.15. The van der Waals surface area contributed by atoms with Crippen LogP contribution >= 0.6 is 11.3 Å². The highest BCUT2D eigenvalue weighted by atomic mass is 32.1. The average molecular weight is 308 g/mol. The van der Waals surface area contributed by atoms with Gasteiger partial charge in [-0.05, 0) is 20.4 Å². The maximum atomic E-state index is 11.9. The highest BCUT2D eigenvalue weighted by Gasteiger charge is 2.11. The molecule has 8 heteroatoms. The van der Waals surface area contributed by atoms with E-state index in [-0.39, 0.29) is 5.91 Å². The van der Waals surface area contributed by atoms with Crippen LogP contribution in [0.5, 0.6) is 0 Å². The third-order valence-electron chi connectivity index (χ3n) is 2.89. The van der Waals surface area contributed by atoms with Crippen LogP contribution in [0.25, 0.3) is 0 Å². The minimum atomic E-state index is -0.0841. The quantitative estimate of drug-likeness (QED) is 0.836. The standard InChI is InChI=1S/C13H20N6OS/c1-4-12-16-17-13(21-12)15-11(20)9-18(3)7-10-6-14-19(5-2)8-10/h6,8H,4-5,7,9H2,1-3H3,(H,15,17,20). The molecule has 0 saturated heterocycles. The second-order valence-corrected chi connectivity index (χ2v) is 5.84. The van der Waals surface area contributed by atoms with Crippen molar-refractivity contribution >= 4 is 22.4 Å². The summed E-state index contributed by atoms with van der Waals surface area (Å²) in [5, 5.41) is 16.4. The lowest BCUT2D eigenvalue weighted by Gasteiger charge is -2.14. The number of hydrogen-bond donors (Lipinski definition) is 1. The van der Waals surface area contributed by atoms with Gasteiger partial charge in [-0.3, -0.25) is 19.7 Å². The van der Waals surface area contributed by atoms with E-state index in [9.17, 15) is 4.79 Å². The third kappa shape index (κ3) is 4.61. The van der Waals surface area contributed by atoms with Crippen molar-refractivity contribution in [3.05, 3.63) is 23.0 Å². The predicted molar refractivity (Wildman–Crippen MR) is 82.2 cm³/mol. The number of hydrogen-bond acceptors (Lipinski definition) is 6. The number of likely N-dealkylation sites (N-methyl/N-ethyl adjacent to an activating group) is 1. The van der Waals surface area contributed by atoms with E-state index in [1.807, 2.05) is 42.9 Å². The molecule has 2 aromatic heterocycles. The van der Waals surface area contributed by atoms with E-state index in [0.717, 1.165) is 23.5 Å². The van der Waals surface area contributed by atoms with Gasteiger partial charge in [-0.25, -0.2) is 0 Å². The molecule has 0 aliphatic carbocycles. The van der Waals surface area contributed by atoms with E-state index in [4.69, 9.17) is 0 Å². The molecule has 0 saturated carbocycles. The van der Waals surface area contributed by atoms with Gasteiger partial charge in [-0.15, -0.1) is 10.2 Å². The van der Waals surface area contributed by atoms with Crippen LogP contribution in [0.15, 0.2) is 12.4 Å². The monoisotopic (exact) mass is 308 g/mol. The zero-order valence-corrected chi connectivity index (χ0v) is 13.4. The third-order valence-corrected chi connectivity index (χ3v) is 3.88. The topological polar surface area (TPSA) is 75.9 Å². The van der Waals surface area contributed by atoms with Crippen molar-refractivity contribution in [1.29, 1.82) is 0 Å². The van der Waals surface area contributed by atoms with Gasteiger partial charge >= 0.3 is 0 Å². The van der Waals surface area contributed by atoms with Crippen LogP contribution in [-0.2, 0) is 24.3 Å². The van der Waals surface area contributed by atoms with Crippen molar-refractivity contribution in [2.75, 3.05) is 18.9 Å². The summed E-state index contributed by atoms with van der Waals surface area (Å²) in [6, 6.07) is 0. The molecule has 21 heavy (non-hydrogen) atoms. The smallest absolute Gasteiger partial charge is 0.240 e. The van der Waals surface area contributed by atoms with E-state index < -0.39 is 0 Å². The average Bonchev–Trinajstić information content (AvgIpc) is 3.07. The summed E-state index contributed by atoms with van der Waals surface area (Å²) in [5.41, 5.74) is 1.09. The van der Waals surface area contributed by atoms with Crippen LogP contribution < -0.4 is 5.32 Å². The van der Waals surface area contributed by atoms with E-state index in [0.29, 0.717) is 18.2 Å². The largest absolute Gasteiger partial charge is 0.299 e. The summed E-state index contributed by atoms with van der Waals surface area (Å²) in [7, 11) is 1.90. The van der Waals surface area contributed by atoms with Gasteiger partial charge in [0, 0.05) is 24.8 Å². The Morgan fingerprint density at radius 2 is 2.24 bits per heavy atom. The summed E-state index contributed by atoms with van der Waals surface area (Å²) in [5.74, 6) is -0.0841. The first-order valence-electron chi connectivity index (χ1n) is 6.92. The van der Waals surface area contributed by atoms with Crippen LogP contribution in [-0.4, -0.2) is 44.4 Å². The molecule has 2 rings (SSSR count). The van der Waals surface area contributed by atoms with Gasteiger partial charge in [0.1, 0.15) is 5.01 Å². The minimum Gasteiger partial charge on any atom is -0.299 e. The lowest BCUT2D eigenvalue weighted by Crippen LogP contribution is -2.29. The summed E-state index contributed by atoms with van der Waals surface area (Å²) in [6.07, 6.45) is 4.65. The van der Waals surface area contributed by atoms with E-state index in [1.165, 1.54) is 11.3 Å². The van der Waals surface area contributed by atoms with Gasteiger partial charge in [0.2, 0.25) is 11.0 Å². The molecule has 0 unspecified atom stereocenters. The van der Waals surface area contributed by atoms with E-state index >= 15 is 0 Å². The predicted octanol–water partition coefficient (Wildman–Crippen LogP) is 1.39. The Hall–Kier alpha value is -1.80. The summed E-state index contributed by atoms with van der Waals surface area (Å²) in [6.45, 7) is 5.89. The first-order chi connectivity index (χ1) is 10.1. The molecule has 0 fully saturated rings. The number of carbonyl (C=O) groups excluding carboxylic acids is 1. The Kier molecular flexibility index (Phi) is 5.40. The fourth-order valence-electron chi connectivity index (χ4n) is 1.88. The van der Waals surface area contributed by atoms with Gasteiger partial charge in [-0.2, -0.15) is 5.10 Å². The molecule has 114 valence electrons. The molecule has 0 aromatic carbocycles. The van der Waals surface area contributed by atoms with Crippen LogP contribution in [0.1, 0.15) is 24.4 Å². The first-order valence-corrected chi connectivity index (χ1v) is 7.74. The zero-order valence-electron chi connectivity index (χ0n) is 12.5. The highest BCUT2D eigenvalue weighted by molar-refractivity contribution is 7.15. The first kappa shape index (κ1) is 15.6. The summed E-state index contributed by atoms with van der Waals surface area (Å²) in [4.78, 5) is 13.9. The second kappa shape index (κ2) is 7.28. The molecule has 0 aliphatic rings. The van der Waals surface area contributed by atoms with Crippen molar-refractivity contribution in [2.45, 2.75) is 33.4 Å². The Bertz CT molecular complexity index is 593. The second-order valence-electron chi connectivity index (χ2n) is 4.78. The Labute approximate surface area is 128 Å². The molecule has 2 heterocycles. The SMILES string of the molecule is CCc1nnc(NC(=O)CN(C)Cc2cnn(CC)c2)s1. The van der Waals surface area contributed by atoms with Gasteiger partial charge < -0.3 is 0 Å². The summed E-state index contributed by atoms with van der Waals surface area (Å²) >= 11 is 1.41. The number of aryl methyl sites for hydroxylation is 2.